The third-order valence-corrected chi connectivity index (χ3v) is 2.68. The Morgan fingerprint density at radius 1 is 1.48 bits per heavy atom. The van der Waals surface area contributed by atoms with Crippen molar-refractivity contribution in [3.63, 3.8) is 0 Å². The number of nitrogens with one attached hydrogen (secondary N) is 1. The highest BCUT2D eigenvalue weighted by atomic mass is 16.5. The van der Waals surface area contributed by atoms with E-state index in [1.807, 2.05) is 19.9 Å². The second kappa shape index (κ2) is 7.13. The second-order valence-electron chi connectivity index (χ2n) is 5.83. The van der Waals surface area contributed by atoms with Crippen LogP contribution in [0.1, 0.15) is 33.3 Å². The highest BCUT2D eigenvalue weighted by Gasteiger charge is 2.17. The normalized spacial score (nSPS) is 11.9. The topological polar surface area (TPSA) is 84.6 Å². The first-order chi connectivity index (χ1) is 9.73. The van der Waals surface area contributed by atoms with Gasteiger partial charge in [-0.25, -0.2) is 0 Å². The molecule has 0 aliphatic rings. The first-order valence-electron chi connectivity index (χ1n) is 6.91. The molecule has 1 rings (SSSR count). The van der Waals surface area contributed by atoms with Crippen LogP contribution >= 0.6 is 0 Å². The Hall–Kier alpha value is -2.01. The minimum atomic E-state index is -0.643. The van der Waals surface area contributed by atoms with Gasteiger partial charge >= 0.3 is 0 Å². The summed E-state index contributed by atoms with van der Waals surface area (Å²) < 4.78 is 5.55. The summed E-state index contributed by atoms with van der Waals surface area (Å²) >= 11 is 0. The maximum Gasteiger partial charge on any atom is 0.244 e. The van der Waals surface area contributed by atoms with E-state index in [1.165, 1.54) is 6.08 Å². The zero-order valence-electron chi connectivity index (χ0n) is 13.0. The van der Waals surface area contributed by atoms with E-state index in [0.29, 0.717) is 11.4 Å². The highest BCUT2D eigenvalue weighted by Crippen LogP contribution is 2.24. The van der Waals surface area contributed by atoms with Gasteiger partial charge in [0.05, 0.1) is 23.9 Å². The molecule has 0 bridgehead atoms. The summed E-state index contributed by atoms with van der Waals surface area (Å²) in [4.78, 5) is 11.7. The molecule has 0 aromatic heterocycles. The number of hydrogen-bond acceptors (Lipinski definition) is 4. The number of carbonyl (C=O) groups is 1. The van der Waals surface area contributed by atoms with E-state index < -0.39 is 5.54 Å². The molecule has 0 unspecified atom stereocenters. The van der Waals surface area contributed by atoms with E-state index in [0.717, 1.165) is 5.56 Å². The number of amides is 1. The summed E-state index contributed by atoms with van der Waals surface area (Å²) in [5, 5.41) is 11.8. The van der Waals surface area contributed by atoms with Gasteiger partial charge in [0.15, 0.2) is 0 Å². The maximum absolute atomic E-state index is 11.7. The fourth-order valence-corrected chi connectivity index (χ4v) is 1.62. The number of benzene rings is 1. The van der Waals surface area contributed by atoms with Gasteiger partial charge in [0.2, 0.25) is 5.91 Å². The molecule has 4 N–H and O–H groups in total. The molecular weight excluding hydrogens is 268 g/mol. The number of anilines is 1. The summed E-state index contributed by atoms with van der Waals surface area (Å²) in [6.45, 7) is 7.23. The number of aliphatic hydroxyl groups is 1. The number of ether oxygens (including phenoxy) is 1. The van der Waals surface area contributed by atoms with Crippen molar-refractivity contribution in [1.29, 1.82) is 0 Å². The zero-order chi connectivity index (χ0) is 16.0. The van der Waals surface area contributed by atoms with Crippen LogP contribution in [0, 0.1) is 0 Å². The molecule has 0 saturated heterocycles. The van der Waals surface area contributed by atoms with Crippen LogP contribution in [0.5, 0.6) is 5.75 Å². The Morgan fingerprint density at radius 2 is 2.14 bits per heavy atom. The molecule has 116 valence electrons. The molecule has 0 aliphatic carbocycles. The van der Waals surface area contributed by atoms with E-state index in [4.69, 9.17) is 15.6 Å². The Morgan fingerprint density at radius 3 is 2.67 bits per heavy atom. The number of hydrogen-bond donors (Lipinski definition) is 3. The minimum absolute atomic E-state index is 0.0557. The molecule has 0 heterocycles. The van der Waals surface area contributed by atoms with Crippen LogP contribution in [-0.4, -0.2) is 29.3 Å². The van der Waals surface area contributed by atoms with Gasteiger partial charge in [-0.3, -0.25) is 4.79 Å². The van der Waals surface area contributed by atoms with Crippen molar-refractivity contribution >= 4 is 17.7 Å². The van der Waals surface area contributed by atoms with Crippen LogP contribution in [0.15, 0.2) is 24.3 Å². The van der Waals surface area contributed by atoms with Gasteiger partial charge in [-0.1, -0.05) is 6.07 Å². The van der Waals surface area contributed by atoms with Crippen LogP contribution in [0.2, 0.25) is 0 Å². The van der Waals surface area contributed by atoms with Gasteiger partial charge in [-0.2, -0.15) is 0 Å². The molecule has 1 aromatic carbocycles. The van der Waals surface area contributed by atoms with E-state index in [1.54, 1.807) is 32.1 Å². The molecular formula is C16H24N2O3. The van der Waals surface area contributed by atoms with Crippen LogP contribution < -0.4 is 15.8 Å². The Balaban J connectivity index is 2.73. The number of carbonyl (C=O) groups excluding carboxylic acids is 1. The van der Waals surface area contributed by atoms with Crippen molar-refractivity contribution in [1.82, 2.24) is 5.32 Å². The molecule has 1 amide bonds. The van der Waals surface area contributed by atoms with Crippen LogP contribution in [-0.2, 0) is 4.79 Å². The maximum atomic E-state index is 11.7. The predicted octanol–water partition coefficient (Wildman–Crippen LogP) is 1.96. The lowest BCUT2D eigenvalue weighted by molar-refractivity contribution is -0.118. The van der Waals surface area contributed by atoms with Crippen molar-refractivity contribution < 1.29 is 14.6 Å². The van der Waals surface area contributed by atoms with Crippen molar-refractivity contribution in [2.45, 2.75) is 39.3 Å². The Bertz CT molecular complexity index is 522. The fraction of sp³-hybridized carbons (Fsp3) is 0.438. The molecule has 5 heteroatoms. The minimum Gasteiger partial charge on any atom is -0.489 e. The second-order valence-corrected chi connectivity index (χ2v) is 5.83. The summed E-state index contributed by atoms with van der Waals surface area (Å²) in [6.07, 6.45) is 3.13. The summed E-state index contributed by atoms with van der Waals surface area (Å²) in [6, 6.07) is 5.36. The first kappa shape index (κ1) is 17.0. The number of nitrogen functional groups attached to an aromatic ring is 1. The van der Waals surface area contributed by atoms with E-state index in [2.05, 4.69) is 5.32 Å². The predicted molar refractivity (Wildman–Crippen MR) is 85.0 cm³/mol. The Labute approximate surface area is 125 Å². The third kappa shape index (κ3) is 5.87. The van der Waals surface area contributed by atoms with Crippen LogP contribution in [0.3, 0.4) is 0 Å². The van der Waals surface area contributed by atoms with Crippen LogP contribution in [0.25, 0.3) is 6.08 Å². The molecule has 5 nitrogen and oxygen atoms in total. The summed E-state index contributed by atoms with van der Waals surface area (Å²) in [7, 11) is 0. The zero-order valence-corrected chi connectivity index (χ0v) is 13.0. The molecule has 0 spiro atoms. The van der Waals surface area contributed by atoms with Crippen molar-refractivity contribution in [2.75, 3.05) is 12.3 Å². The number of aliphatic hydroxyl groups excluding tert-OH is 1. The third-order valence-electron chi connectivity index (χ3n) is 2.68. The molecule has 21 heavy (non-hydrogen) atoms. The molecule has 0 aliphatic heterocycles. The number of rotatable bonds is 6. The van der Waals surface area contributed by atoms with E-state index in [-0.39, 0.29) is 18.6 Å². The average molecular weight is 292 g/mol. The molecule has 0 saturated carbocycles. The lowest BCUT2D eigenvalue weighted by atomic mass is 10.1. The Kier molecular flexibility index (Phi) is 5.79. The number of nitrogens with two attached hydrogens (primary N) is 1. The first-order valence-corrected chi connectivity index (χ1v) is 6.91. The summed E-state index contributed by atoms with van der Waals surface area (Å²) in [5.41, 5.74) is 6.60. The fourth-order valence-electron chi connectivity index (χ4n) is 1.62. The quantitative estimate of drug-likeness (QED) is 0.553. The average Bonchev–Trinajstić information content (AvgIpc) is 2.38. The van der Waals surface area contributed by atoms with Crippen molar-refractivity contribution in [3.8, 4) is 5.75 Å². The highest BCUT2D eigenvalue weighted by molar-refractivity contribution is 5.92. The SMILES string of the molecule is CC(C)Oc1ccc(/C=C\C(=O)NC(C)(C)CO)cc1N. The monoisotopic (exact) mass is 292 g/mol. The van der Waals surface area contributed by atoms with E-state index >= 15 is 0 Å². The lowest BCUT2D eigenvalue weighted by Crippen LogP contribution is -2.45. The van der Waals surface area contributed by atoms with Gasteiger partial charge in [0, 0.05) is 6.08 Å². The van der Waals surface area contributed by atoms with Crippen molar-refractivity contribution in [3.05, 3.63) is 29.8 Å². The largest absolute Gasteiger partial charge is 0.489 e. The summed E-state index contributed by atoms with van der Waals surface area (Å²) in [5.74, 6) is 0.364. The van der Waals surface area contributed by atoms with Gasteiger partial charge in [-0.05, 0) is 51.5 Å². The smallest absolute Gasteiger partial charge is 0.244 e. The van der Waals surface area contributed by atoms with E-state index in [9.17, 15) is 4.79 Å². The molecule has 0 radical (unpaired) electrons. The van der Waals surface area contributed by atoms with Crippen molar-refractivity contribution in [2.24, 2.45) is 0 Å². The van der Waals surface area contributed by atoms with Gasteiger partial charge in [0.25, 0.3) is 0 Å². The molecule has 1 aromatic rings. The standard InChI is InChI=1S/C16H24N2O3/c1-11(2)21-14-7-5-12(9-13(14)17)6-8-15(20)18-16(3,4)10-19/h5-9,11,19H,10,17H2,1-4H3,(H,18,20)/b8-6-. The van der Waals surface area contributed by atoms with Crippen LogP contribution in [0.4, 0.5) is 5.69 Å². The van der Waals surface area contributed by atoms with Gasteiger partial charge in [0.1, 0.15) is 5.75 Å². The lowest BCUT2D eigenvalue weighted by Gasteiger charge is -2.22. The molecule has 0 fully saturated rings. The van der Waals surface area contributed by atoms with Gasteiger partial charge < -0.3 is 20.9 Å². The van der Waals surface area contributed by atoms with Gasteiger partial charge in [-0.15, -0.1) is 0 Å². The molecule has 0 atom stereocenters.